The number of aliphatic hydroxyl groups is 1. The van der Waals surface area contributed by atoms with Gasteiger partial charge < -0.3 is 37.6 Å². The minimum Gasteiger partial charge on any atom is -0.480 e. The lowest BCUT2D eigenvalue weighted by molar-refractivity contribution is -0.144. The Bertz CT molecular complexity index is 645. The van der Waals surface area contributed by atoms with Gasteiger partial charge in [-0.05, 0) is 44.6 Å². The van der Waals surface area contributed by atoms with E-state index in [0.717, 1.165) is 0 Å². The average Bonchev–Trinajstić information content (AvgIpc) is 2.77. The molecule has 0 rings (SSSR count). The summed E-state index contributed by atoms with van der Waals surface area (Å²) in [7, 11) is 0. The van der Waals surface area contributed by atoms with Crippen molar-refractivity contribution in [1.29, 1.82) is 0 Å². The van der Waals surface area contributed by atoms with Gasteiger partial charge in [-0.25, -0.2) is 4.79 Å². The summed E-state index contributed by atoms with van der Waals surface area (Å²) in [6.45, 7) is 8.94. The second-order valence-electron chi connectivity index (χ2n) is 8.69. The number of hydrogen-bond acceptors (Lipinski definition) is 7. The van der Waals surface area contributed by atoms with Crippen LogP contribution in [0.4, 0.5) is 0 Å². The number of aliphatic hydroxyl groups excluding tert-OH is 1. The number of aliphatic carboxylic acids is 1. The van der Waals surface area contributed by atoms with Crippen LogP contribution in [0, 0.1) is 11.8 Å². The first kappa shape index (κ1) is 30.8. The Morgan fingerprint density at radius 1 is 0.818 bits per heavy atom. The molecule has 3 amide bonds. The van der Waals surface area contributed by atoms with Crippen molar-refractivity contribution in [3.8, 4) is 0 Å². The van der Waals surface area contributed by atoms with Crippen LogP contribution < -0.4 is 27.4 Å². The molecular weight excluding hydrogens is 430 g/mol. The van der Waals surface area contributed by atoms with E-state index in [-0.39, 0.29) is 18.3 Å². The molecule has 0 radical (unpaired) electrons. The maximum absolute atomic E-state index is 12.9. The van der Waals surface area contributed by atoms with Gasteiger partial charge >= 0.3 is 5.97 Å². The molecule has 0 aromatic rings. The lowest BCUT2D eigenvalue weighted by Crippen LogP contribution is -2.60. The SMILES string of the molecule is CCC(C)C(N)C(=O)NC(C(=O)NC(CCCCN)C(=O)NC(C(=O)O)C(C)CC)C(C)O. The number of nitrogens with one attached hydrogen (secondary N) is 3. The first-order valence-electron chi connectivity index (χ1n) is 11.7. The molecular formula is C22H43N5O6. The van der Waals surface area contributed by atoms with Crippen molar-refractivity contribution in [2.75, 3.05) is 6.54 Å². The first-order valence-corrected chi connectivity index (χ1v) is 11.7. The Kier molecular flexibility index (Phi) is 14.5. The van der Waals surface area contributed by atoms with Crippen molar-refractivity contribution < 1.29 is 29.4 Å². The van der Waals surface area contributed by atoms with Crippen molar-refractivity contribution in [2.45, 2.75) is 97.0 Å². The fourth-order valence-electron chi connectivity index (χ4n) is 3.13. The fourth-order valence-corrected chi connectivity index (χ4v) is 3.13. The number of unbranched alkanes of at least 4 members (excludes halogenated alkanes) is 1. The number of carboxylic acids is 1. The molecule has 33 heavy (non-hydrogen) atoms. The molecule has 0 saturated carbocycles. The van der Waals surface area contributed by atoms with Crippen LogP contribution in [0.15, 0.2) is 0 Å². The van der Waals surface area contributed by atoms with E-state index >= 15 is 0 Å². The highest BCUT2D eigenvalue weighted by molar-refractivity contribution is 5.94. The van der Waals surface area contributed by atoms with Crippen LogP contribution in [-0.4, -0.2) is 70.7 Å². The first-order chi connectivity index (χ1) is 15.4. The second kappa shape index (κ2) is 15.6. The quantitative estimate of drug-likeness (QED) is 0.145. The predicted molar refractivity (Wildman–Crippen MR) is 125 cm³/mol. The average molecular weight is 474 g/mol. The Hall–Kier alpha value is -2.24. The van der Waals surface area contributed by atoms with Crippen LogP contribution >= 0.6 is 0 Å². The van der Waals surface area contributed by atoms with Gasteiger partial charge in [0.2, 0.25) is 17.7 Å². The minimum absolute atomic E-state index is 0.133. The van der Waals surface area contributed by atoms with Gasteiger partial charge in [0.05, 0.1) is 12.1 Å². The molecule has 0 aliphatic heterocycles. The van der Waals surface area contributed by atoms with Gasteiger partial charge in [0.25, 0.3) is 0 Å². The van der Waals surface area contributed by atoms with Gasteiger partial charge in [0, 0.05) is 0 Å². The Morgan fingerprint density at radius 2 is 1.36 bits per heavy atom. The van der Waals surface area contributed by atoms with E-state index in [1.165, 1.54) is 6.92 Å². The van der Waals surface area contributed by atoms with Crippen molar-refractivity contribution >= 4 is 23.7 Å². The van der Waals surface area contributed by atoms with E-state index in [1.54, 1.807) is 13.8 Å². The zero-order valence-electron chi connectivity index (χ0n) is 20.5. The van der Waals surface area contributed by atoms with Crippen LogP contribution in [-0.2, 0) is 19.2 Å². The maximum atomic E-state index is 12.9. The second-order valence-corrected chi connectivity index (χ2v) is 8.69. The van der Waals surface area contributed by atoms with Crippen molar-refractivity contribution in [1.82, 2.24) is 16.0 Å². The molecule has 11 nitrogen and oxygen atoms in total. The third-order valence-electron chi connectivity index (χ3n) is 5.98. The third-order valence-corrected chi connectivity index (χ3v) is 5.98. The number of carbonyl (C=O) groups excluding carboxylic acids is 3. The Labute approximate surface area is 196 Å². The van der Waals surface area contributed by atoms with E-state index in [4.69, 9.17) is 11.5 Å². The summed E-state index contributed by atoms with van der Waals surface area (Å²) < 4.78 is 0. The molecule has 7 atom stereocenters. The molecule has 0 bridgehead atoms. The van der Waals surface area contributed by atoms with Gasteiger partial charge in [0.15, 0.2) is 0 Å². The van der Waals surface area contributed by atoms with E-state index in [2.05, 4.69) is 16.0 Å². The van der Waals surface area contributed by atoms with Crippen LogP contribution in [0.3, 0.4) is 0 Å². The summed E-state index contributed by atoms with van der Waals surface area (Å²) in [5, 5.41) is 27.1. The normalized spacial score (nSPS) is 17.6. The molecule has 0 heterocycles. The highest BCUT2D eigenvalue weighted by atomic mass is 16.4. The molecule has 0 spiro atoms. The molecule has 7 unspecified atom stereocenters. The molecule has 11 heteroatoms. The van der Waals surface area contributed by atoms with E-state index in [0.29, 0.717) is 32.2 Å². The van der Waals surface area contributed by atoms with Gasteiger partial charge in [-0.15, -0.1) is 0 Å². The summed E-state index contributed by atoms with van der Waals surface area (Å²) in [5.74, 6) is -3.63. The summed E-state index contributed by atoms with van der Waals surface area (Å²) >= 11 is 0. The Morgan fingerprint density at radius 3 is 1.82 bits per heavy atom. The van der Waals surface area contributed by atoms with Crippen LogP contribution in [0.2, 0.25) is 0 Å². The third kappa shape index (κ3) is 10.5. The number of nitrogens with two attached hydrogens (primary N) is 2. The standard InChI is InChI=1S/C22H43N5O6/c1-6-12(3)16(24)20(30)27-18(14(5)28)21(31)25-15(10-8-9-11-23)19(29)26-17(22(32)33)13(4)7-2/h12-18,28H,6-11,23-24H2,1-5H3,(H,25,31)(H,26,29)(H,27,30)(H,32,33). The molecule has 0 aromatic carbocycles. The van der Waals surface area contributed by atoms with Crippen LogP contribution in [0.5, 0.6) is 0 Å². The number of carbonyl (C=O) groups is 4. The number of hydrogen-bond donors (Lipinski definition) is 7. The minimum atomic E-state index is -1.33. The molecule has 0 fully saturated rings. The summed E-state index contributed by atoms with van der Waals surface area (Å²) in [5.41, 5.74) is 11.4. The largest absolute Gasteiger partial charge is 0.480 e. The molecule has 0 aliphatic carbocycles. The fraction of sp³-hybridized carbons (Fsp3) is 0.818. The highest BCUT2D eigenvalue weighted by Gasteiger charge is 2.33. The maximum Gasteiger partial charge on any atom is 0.326 e. The van der Waals surface area contributed by atoms with Gasteiger partial charge in [0.1, 0.15) is 18.1 Å². The van der Waals surface area contributed by atoms with Gasteiger partial charge in [-0.1, -0.05) is 40.5 Å². The highest BCUT2D eigenvalue weighted by Crippen LogP contribution is 2.10. The topological polar surface area (TPSA) is 197 Å². The zero-order chi connectivity index (χ0) is 25.7. The molecule has 0 aromatic heterocycles. The van der Waals surface area contributed by atoms with Gasteiger partial charge in [-0.2, -0.15) is 0 Å². The van der Waals surface area contributed by atoms with E-state index in [9.17, 15) is 29.4 Å². The number of carboxylic acid groups (broad SMARTS) is 1. The lowest BCUT2D eigenvalue weighted by Gasteiger charge is -2.28. The Balaban J connectivity index is 5.52. The van der Waals surface area contributed by atoms with Crippen LogP contribution in [0.25, 0.3) is 0 Å². The summed E-state index contributed by atoms with van der Waals surface area (Å²) in [6, 6.07) is -4.37. The number of amides is 3. The zero-order valence-corrected chi connectivity index (χ0v) is 20.5. The van der Waals surface area contributed by atoms with Gasteiger partial charge in [-0.3, -0.25) is 14.4 Å². The summed E-state index contributed by atoms with van der Waals surface area (Å²) in [6.07, 6.45) is 1.28. The molecule has 192 valence electrons. The van der Waals surface area contributed by atoms with E-state index < -0.39 is 54.0 Å². The monoisotopic (exact) mass is 473 g/mol. The smallest absolute Gasteiger partial charge is 0.326 e. The van der Waals surface area contributed by atoms with Crippen molar-refractivity contribution in [3.63, 3.8) is 0 Å². The predicted octanol–water partition coefficient (Wildman–Crippen LogP) is -0.545. The van der Waals surface area contributed by atoms with Crippen molar-refractivity contribution in [3.05, 3.63) is 0 Å². The molecule has 9 N–H and O–H groups in total. The lowest BCUT2D eigenvalue weighted by atomic mass is 9.98. The molecule has 0 saturated heterocycles. The van der Waals surface area contributed by atoms with E-state index in [1.807, 2.05) is 13.8 Å². The summed E-state index contributed by atoms with van der Waals surface area (Å²) in [4.78, 5) is 49.8. The number of rotatable bonds is 16. The van der Waals surface area contributed by atoms with Crippen LogP contribution in [0.1, 0.15) is 66.7 Å². The molecule has 0 aliphatic rings. The van der Waals surface area contributed by atoms with Crippen molar-refractivity contribution in [2.24, 2.45) is 23.3 Å².